The van der Waals surface area contributed by atoms with Gasteiger partial charge in [0.25, 0.3) is 5.91 Å². The van der Waals surface area contributed by atoms with E-state index in [0.29, 0.717) is 17.2 Å². The largest absolute Gasteiger partial charge is 0.484 e. The summed E-state index contributed by atoms with van der Waals surface area (Å²) in [5.41, 5.74) is 0.689. The quantitative estimate of drug-likeness (QED) is 0.325. The molecule has 0 aliphatic carbocycles. The molecule has 1 amide bonds. The zero-order valence-electron chi connectivity index (χ0n) is 16.2. The van der Waals surface area contributed by atoms with Crippen molar-refractivity contribution < 1.29 is 18.3 Å². The van der Waals surface area contributed by atoms with Crippen LogP contribution < -0.4 is 10.1 Å². The molecule has 0 aliphatic heterocycles. The minimum Gasteiger partial charge on any atom is -0.484 e. The molecule has 31 heavy (non-hydrogen) atoms. The summed E-state index contributed by atoms with van der Waals surface area (Å²) in [6, 6.07) is 24.6. The van der Waals surface area contributed by atoms with Crippen molar-refractivity contribution in [1.29, 1.82) is 0 Å². The summed E-state index contributed by atoms with van der Waals surface area (Å²) in [5.74, 6) is 0.116. The number of hydrogen-bond acceptors (Lipinski definition) is 4. The first-order valence-electron chi connectivity index (χ1n) is 9.38. The third-order valence-electron chi connectivity index (χ3n) is 4.26. The Balaban J connectivity index is 1.41. The van der Waals surface area contributed by atoms with Crippen molar-refractivity contribution in [3.8, 4) is 5.75 Å². The molecule has 0 saturated carbocycles. The van der Waals surface area contributed by atoms with Gasteiger partial charge in [-0.05, 0) is 54.6 Å². The fourth-order valence-electron chi connectivity index (χ4n) is 2.78. The lowest BCUT2D eigenvalue weighted by molar-refractivity contribution is 0.0992. The van der Waals surface area contributed by atoms with Gasteiger partial charge in [0.05, 0.1) is 10.7 Å². The van der Waals surface area contributed by atoms with E-state index in [1.165, 1.54) is 18.2 Å². The maximum Gasteiger partial charge on any atom is 0.291 e. The smallest absolute Gasteiger partial charge is 0.291 e. The normalized spacial score (nSPS) is 10.6. The van der Waals surface area contributed by atoms with Gasteiger partial charge < -0.3 is 14.5 Å². The molecule has 0 bridgehead atoms. The molecule has 156 valence electrons. The molecule has 4 rings (SSSR count). The van der Waals surface area contributed by atoms with Crippen LogP contribution in [-0.4, -0.2) is 5.91 Å². The number of amides is 1. The highest BCUT2D eigenvalue weighted by molar-refractivity contribution is 7.99. The molecule has 0 saturated heterocycles. The van der Waals surface area contributed by atoms with Crippen molar-refractivity contribution in [2.75, 3.05) is 5.32 Å². The topological polar surface area (TPSA) is 51.5 Å². The van der Waals surface area contributed by atoms with Gasteiger partial charge in [-0.15, -0.1) is 0 Å². The summed E-state index contributed by atoms with van der Waals surface area (Å²) in [7, 11) is 0. The van der Waals surface area contributed by atoms with E-state index in [2.05, 4.69) is 5.32 Å². The van der Waals surface area contributed by atoms with Gasteiger partial charge in [-0.3, -0.25) is 4.79 Å². The van der Waals surface area contributed by atoms with Crippen LogP contribution in [0, 0.1) is 5.82 Å². The summed E-state index contributed by atoms with van der Waals surface area (Å²) >= 11 is 7.51. The van der Waals surface area contributed by atoms with Gasteiger partial charge in [-0.2, -0.15) is 0 Å². The first-order valence-corrected chi connectivity index (χ1v) is 10.6. The number of ether oxygens (including phenoxy) is 1. The lowest BCUT2D eigenvalue weighted by atomic mass is 10.3. The molecule has 1 aromatic heterocycles. The third kappa shape index (κ3) is 5.48. The molecule has 7 heteroatoms. The lowest BCUT2D eigenvalue weighted by Gasteiger charge is -2.10. The van der Waals surface area contributed by atoms with Gasteiger partial charge in [0.15, 0.2) is 5.76 Å². The minimum atomic E-state index is -0.444. The molecule has 0 spiro atoms. The zero-order valence-corrected chi connectivity index (χ0v) is 17.8. The zero-order chi connectivity index (χ0) is 21.6. The Labute approximate surface area is 188 Å². The molecule has 0 fully saturated rings. The van der Waals surface area contributed by atoms with Crippen LogP contribution in [0.3, 0.4) is 0 Å². The van der Waals surface area contributed by atoms with Crippen LogP contribution in [0.25, 0.3) is 0 Å². The van der Waals surface area contributed by atoms with Crippen LogP contribution >= 0.6 is 23.4 Å². The number of rotatable bonds is 7. The highest BCUT2D eigenvalue weighted by Gasteiger charge is 2.14. The van der Waals surface area contributed by atoms with Gasteiger partial charge in [0.1, 0.15) is 23.9 Å². The number of carbonyl (C=O) groups is 1. The third-order valence-corrected chi connectivity index (χ3v) is 5.63. The Morgan fingerprint density at radius 1 is 1.00 bits per heavy atom. The minimum absolute atomic E-state index is 0.0546. The predicted molar refractivity (Wildman–Crippen MR) is 119 cm³/mol. The van der Waals surface area contributed by atoms with Crippen LogP contribution in [0.15, 0.2) is 99.1 Å². The lowest BCUT2D eigenvalue weighted by Crippen LogP contribution is -2.11. The second-order valence-corrected chi connectivity index (χ2v) is 8.02. The van der Waals surface area contributed by atoms with Crippen molar-refractivity contribution in [2.45, 2.75) is 16.4 Å². The molecular formula is C24H17ClFNO3S. The molecule has 1 heterocycles. The van der Waals surface area contributed by atoms with Crippen molar-refractivity contribution in [3.63, 3.8) is 0 Å². The fraction of sp³-hybridized carbons (Fsp3) is 0.0417. The SMILES string of the molecule is O=C(Nc1ccccc1Sc1ccccc1)c1ccc(COc2ccc(F)cc2Cl)o1. The summed E-state index contributed by atoms with van der Waals surface area (Å²) in [6.45, 7) is 0.0546. The van der Waals surface area contributed by atoms with E-state index >= 15 is 0 Å². The molecule has 4 aromatic rings. The number of halogens is 2. The van der Waals surface area contributed by atoms with Crippen LogP contribution in [-0.2, 0) is 6.61 Å². The van der Waals surface area contributed by atoms with Gasteiger partial charge in [0.2, 0.25) is 0 Å². The van der Waals surface area contributed by atoms with E-state index < -0.39 is 5.82 Å². The van der Waals surface area contributed by atoms with Gasteiger partial charge in [-0.1, -0.05) is 53.7 Å². The van der Waals surface area contributed by atoms with Gasteiger partial charge in [0, 0.05) is 9.79 Å². The van der Waals surface area contributed by atoms with Crippen LogP contribution in [0.4, 0.5) is 10.1 Å². The molecule has 0 radical (unpaired) electrons. The Bertz CT molecular complexity index is 1200. The van der Waals surface area contributed by atoms with E-state index in [4.69, 9.17) is 20.8 Å². The van der Waals surface area contributed by atoms with Crippen molar-refractivity contribution in [2.24, 2.45) is 0 Å². The first kappa shape index (κ1) is 21.0. The summed E-state index contributed by atoms with van der Waals surface area (Å²) in [5, 5.41) is 3.06. The van der Waals surface area contributed by atoms with E-state index in [1.807, 2.05) is 54.6 Å². The maximum absolute atomic E-state index is 13.1. The molecule has 3 aromatic carbocycles. The number of hydrogen-bond donors (Lipinski definition) is 1. The van der Waals surface area contributed by atoms with Crippen molar-refractivity contribution in [1.82, 2.24) is 0 Å². The second kappa shape index (κ2) is 9.73. The Kier molecular flexibility index (Phi) is 6.60. The molecule has 1 N–H and O–H groups in total. The molecule has 4 nitrogen and oxygen atoms in total. The molecule has 0 atom stereocenters. The first-order chi connectivity index (χ1) is 15.1. The van der Waals surface area contributed by atoms with Crippen LogP contribution in [0.2, 0.25) is 5.02 Å². The van der Waals surface area contributed by atoms with Crippen molar-refractivity contribution >= 4 is 35.0 Å². The average molecular weight is 454 g/mol. The van der Waals surface area contributed by atoms with Gasteiger partial charge >= 0.3 is 0 Å². The summed E-state index contributed by atoms with van der Waals surface area (Å²) in [4.78, 5) is 14.7. The Morgan fingerprint density at radius 2 is 1.77 bits per heavy atom. The summed E-state index contributed by atoms with van der Waals surface area (Å²) in [6.07, 6.45) is 0. The summed E-state index contributed by atoms with van der Waals surface area (Å²) < 4.78 is 24.3. The number of anilines is 1. The fourth-order valence-corrected chi connectivity index (χ4v) is 3.92. The van der Waals surface area contributed by atoms with Gasteiger partial charge in [-0.25, -0.2) is 4.39 Å². The number of furan rings is 1. The molecule has 0 aliphatic rings. The molecule has 0 unspecified atom stereocenters. The number of benzene rings is 3. The Morgan fingerprint density at radius 3 is 2.58 bits per heavy atom. The predicted octanol–water partition coefficient (Wildman–Crippen LogP) is 7.05. The molecular weight excluding hydrogens is 437 g/mol. The van der Waals surface area contributed by atoms with E-state index in [9.17, 15) is 9.18 Å². The van der Waals surface area contributed by atoms with Crippen LogP contribution in [0.5, 0.6) is 5.75 Å². The maximum atomic E-state index is 13.1. The van der Waals surface area contributed by atoms with E-state index in [0.717, 1.165) is 9.79 Å². The average Bonchev–Trinajstić information content (AvgIpc) is 3.24. The number of nitrogens with one attached hydrogen (secondary N) is 1. The number of carbonyl (C=O) groups excluding carboxylic acids is 1. The highest BCUT2D eigenvalue weighted by atomic mass is 35.5. The second-order valence-electron chi connectivity index (χ2n) is 6.49. The number of para-hydroxylation sites is 1. The highest BCUT2D eigenvalue weighted by Crippen LogP contribution is 2.33. The Hall–Kier alpha value is -3.22. The monoisotopic (exact) mass is 453 g/mol. The standard InChI is InChI=1S/C24H17ClFNO3S/c25-19-14-16(26)10-12-21(19)29-15-17-11-13-22(30-17)24(28)27-20-8-4-5-9-23(20)31-18-6-2-1-3-7-18/h1-14H,15H2,(H,27,28). The van der Waals surface area contributed by atoms with E-state index in [-0.39, 0.29) is 23.3 Å². The van der Waals surface area contributed by atoms with E-state index in [1.54, 1.807) is 23.9 Å². The van der Waals surface area contributed by atoms with Crippen LogP contribution in [0.1, 0.15) is 16.3 Å². The van der Waals surface area contributed by atoms with Crippen molar-refractivity contribution in [3.05, 3.63) is 107 Å².